The lowest BCUT2D eigenvalue weighted by atomic mass is 10.0. The molecule has 1 atom stereocenters. The van der Waals surface area contributed by atoms with Gasteiger partial charge in [-0.1, -0.05) is 31.2 Å². The lowest BCUT2D eigenvalue weighted by molar-refractivity contribution is 0.544. The molecule has 108 valence electrons. The maximum Gasteiger partial charge on any atom is 0.131 e. The molecule has 3 rings (SSSR count). The third-order valence-electron chi connectivity index (χ3n) is 3.41. The molecule has 0 spiro atoms. The Labute approximate surface area is 126 Å². The first-order chi connectivity index (χ1) is 10.2. The van der Waals surface area contributed by atoms with Crippen LogP contribution in [-0.4, -0.2) is 6.54 Å². The van der Waals surface area contributed by atoms with E-state index in [0.717, 1.165) is 21.0 Å². The Hall–Kier alpha value is -1.78. The van der Waals surface area contributed by atoms with Gasteiger partial charge >= 0.3 is 0 Å². The van der Waals surface area contributed by atoms with Gasteiger partial charge < -0.3 is 5.32 Å². The molecule has 1 heterocycles. The molecule has 0 aliphatic heterocycles. The monoisotopic (exact) mass is 303 g/mol. The number of hydrogen-bond acceptors (Lipinski definition) is 2. The molecule has 4 heteroatoms. The fourth-order valence-electron chi connectivity index (χ4n) is 2.45. The third-order valence-corrected chi connectivity index (χ3v) is 4.59. The second-order valence-electron chi connectivity index (χ2n) is 4.84. The van der Waals surface area contributed by atoms with Crippen LogP contribution in [0, 0.1) is 11.6 Å². The van der Waals surface area contributed by atoms with Crippen molar-refractivity contribution < 1.29 is 8.78 Å². The van der Waals surface area contributed by atoms with E-state index in [4.69, 9.17) is 0 Å². The summed E-state index contributed by atoms with van der Waals surface area (Å²) in [6.45, 7) is 2.68. The predicted octanol–water partition coefficient (Wildman–Crippen LogP) is 4.88. The second-order valence-corrected chi connectivity index (χ2v) is 5.96. The Balaban J connectivity index is 2.08. The average Bonchev–Trinajstić information content (AvgIpc) is 2.89. The van der Waals surface area contributed by atoms with Crippen LogP contribution in [0.4, 0.5) is 8.78 Å². The fourth-order valence-corrected chi connectivity index (χ4v) is 3.61. The van der Waals surface area contributed by atoms with E-state index >= 15 is 0 Å². The number of halogens is 2. The largest absolute Gasteiger partial charge is 0.306 e. The molecule has 0 fully saturated rings. The van der Waals surface area contributed by atoms with Crippen LogP contribution < -0.4 is 5.32 Å². The highest BCUT2D eigenvalue weighted by Gasteiger charge is 2.19. The normalized spacial score (nSPS) is 12.7. The van der Waals surface area contributed by atoms with Crippen molar-refractivity contribution in [3.63, 3.8) is 0 Å². The summed E-state index contributed by atoms with van der Waals surface area (Å²) in [5.41, 5.74) is 0.477. The molecular formula is C17H15F2NS. The van der Waals surface area contributed by atoms with E-state index in [9.17, 15) is 8.78 Å². The first-order valence-corrected chi connectivity index (χ1v) is 7.67. The molecule has 1 N–H and O–H groups in total. The van der Waals surface area contributed by atoms with Crippen LogP contribution in [0.3, 0.4) is 0 Å². The maximum atomic E-state index is 14.1. The van der Waals surface area contributed by atoms with E-state index in [0.29, 0.717) is 12.1 Å². The van der Waals surface area contributed by atoms with Crippen molar-refractivity contribution in [2.45, 2.75) is 13.0 Å². The Morgan fingerprint density at radius 3 is 2.62 bits per heavy atom. The SMILES string of the molecule is CCNC(c1cc2ccccc2s1)c1ccc(F)cc1F. The van der Waals surface area contributed by atoms with Crippen LogP contribution in [0.5, 0.6) is 0 Å². The first kappa shape index (κ1) is 14.2. The van der Waals surface area contributed by atoms with Gasteiger partial charge in [-0.15, -0.1) is 11.3 Å². The highest BCUT2D eigenvalue weighted by atomic mass is 32.1. The summed E-state index contributed by atoms with van der Waals surface area (Å²) in [6, 6.07) is 13.6. The molecule has 0 aliphatic rings. The topological polar surface area (TPSA) is 12.0 Å². The molecule has 0 aliphatic carbocycles. The second kappa shape index (κ2) is 5.92. The van der Waals surface area contributed by atoms with Crippen LogP contribution in [0.1, 0.15) is 23.4 Å². The van der Waals surface area contributed by atoms with Crippen LogP contribution >= 0.6 is 11.3 Å². The third kappa shape index (κ3) is 2.82. The summed E-state index contributed by atoms with van der Waals surface area (Å²) in [7, 11) is 0. The molecule has 0 saturated carbocycles. The van der Waals surface area contributed by atoms with Gasteiger partial charge in [-0.25, -0.2) is 8.78 Å². The first-order valence-electron chi connectivity index (χ1n) is 6.86. The van der Waals surface area contributed by atoms with Crippen molar-refractivity contribution in [1.82, 2.24) is 5.32 Å². The highest BCUT2D eigenvalue weighted by Crippen LogP contribution is 2.34. The smallest absolute Gasteiger partial charge is 0.131 e. The van der Waals surface area contributed by atoms with Gasteiger partial charge in [0.15, 0.2) is 0 Å². The highest BCUT2D eigenvalue weighted by molar-refractivity contribution is 7.19. The molecule has 1 nitrogen and oxygen atoms in total. The summed E-state index contributed by atoms with van der Waals surface area (Å²) in [6.07, 6.45) is 0. The summed E-state index contributed by atoms with van der Waals surface area (Å²) < 4.78 is 28.4. The lowest BCUT2D eigenvalue weighted by Gasteiger charge is -2.17. The number of hydrogen-bond donors (Lipinski definition) is 1. The van der Waals surface area contributed by atoms with E-state index in [1.165, 1.54) is 12.1 Å². The maximum absolute atomic E-state index is 14.1. The molecule has 2 aromatic carbocycles. The van der Waals surface area contributed by atoms with Crippen LogP contribution in [0.2, 0.25) is 0 Å². The quantitative estimate of drug-likeness (QED) is 0.724. The van der Waals surface area contributed by atoms with Gasteiger partial charge in [-0.05, 0) is 30.1 Å². The van der Waals surface area contributed by atoms with Gasteiger partial charge in [0.05, 0.1) is 6.04 Å². The van der Waals surface area contributed by atoms with Crippen LogP contribution in [0.25, 0.3) is 10.1 Å². The Bertz CT molecular complexity index is 733. The van der Waals surface area contributed by atoms with Gasteiger partial charge in [-0.3, -0.25) is 0 Å². The number of benzene rings is 2. The standard InChI is InChI=1S/C17H15F2NS/c1-2-20-17(13-8-7-12(18)10-14(13)19)16-9-11-5-3-4-6-15(11)21-16/h3-10,17,20H,2H2,1H3. The van der Waals surface area contributed by atoms with Crippen LogP contribution in [-0.2, 0) is 0 Å². The number of thiophene rings is 1. The van der Waals surface area contributed by atoms with Gasteiger partial charge in [-0.2, -0.15) is 0 Å². The molecule has 1 aromatic heterocycles. The molecule has 0 saturated heterocycles. The zero-order chi connectivity index (χ0) is 14.8. The van der Waals surface area contributed by atoms with E-state index < -0.39 is 11.6 Å². The molecule has 0 bridgehead atoms. The minimum atomic E-state index is -0.553. The van der Waals surface area contributed by atoms with Crippen molar-refractivity contribution in [1.29, 1.82) is 0 Å². The summed E-state index contributed by atoms with van der Waals surface area (Å²) >= 11 is 1.63. The number of nitrogens with one attached hydrogen (secondary N) is 1. The van der Waals surface area contributed by atoms with E-state index in [-0.39, 0.29) is 6.04 Å². The zero-order valence-electron chi connectivity index (χ0n) is 11.6. The Morgan fingerprint density at radius 1 is 1.10 bits per heavy atom. The van der Waals surface area contributed by atoms with Gasteiger partial charge in [0.25, 0.3) is 0 Å². The number of rotatable bonds is 4. The summed E-state index contributed by atoms with van der Waals surface area (Å²) in [5.74, 6) is -1.07. The van der Waals surface area contributed by atoms with Crippen molar-refractivity contribution in [3.8, 4) is 0 Å². The summed E-state index contributed by atoms with van der Waals surface area (Å²) in [4.78, 5) is 1.03. The molecule has 1 unspecified atom stereocenters. The Kier molecular flexibility index (Phi) is 3.99. The fraction of sp³-hybridized carbons (Fsp3) is 0.176. The van der Waals surface area contributed by atoms with Crippen molar-refractivity contribution in [2.75, 3.05) is 6.54 Å². The predicted molar refractivity (Wildman–Crippen MR) is 83.7 cm³/mol. The zero-order valence-corrected chi connectivity index (χ0v) is 12.4. The van der Waals surface area contributed by atoms with Gasteiger partial charge in [0.1, 0.15) is 11.6 Å². The van der Waals surface area contributed by atoms with Crippen LogP contribution in [0.15, 0.2) is 48.5 Å². The lowest BCUT2D eigenvalue weighted by Crippen LogP contribution is -2.22. The van der Waals surface area contributed by atoms with Crippen molar-refractivity contribution in [3.05, 3.63) is 70.6 Å². The van der Waals surface area contributed by atoms with Gasteiger partial charge in [0.2, 0.25) is 0 Å². The minimum absolute atomic E-state index is 0.256. The van der Waals surface area contributed by atoms with E-state index in [1.807, 2.05) is 31.2 Å². The average molecular weight is 303 g/mol. The number of fused-ring (bicyclic) bond motifs is 1. The molecule has 3 aromatic rings. The van der Waals surface area contributed by atoms with Gasteiger partial charge in [0, 0.05) is 21.2 Å². The van der Waals surface area contributed by atoms with Crippen molar-refractivity contribution >= 4 is 21.4 Å². The molecule has 0 radical (unpaired) electrons. The Morgan fingerprint density at radius 2 is 1.90 bits per heavy atom. The minimum Gasteiger partial charge on any atom is -0.306 e. The van der Waals surface area contributed by atoms with E-state index in [1.54, 1.807) is 11.3 Å². The molecule has 21 heavy (non-hydrogen) atoms. The van der Waals surface area contributed by atoms with E-state index in [2.05, 4.69) is 11.4 Å². The summed E-state index contributed by atoms with van der Waals surface area (Å²) in [5, 5.41) is 4.43. The van der Waals surface area contributed by atoms with Crippen molar-refractivity contribution in [2.24, 2.45) is 0 Å². The molecule has 0 amide bonds. The molecular weight excluding hydrogens is 288 g/mol.